The highest BCUT2D eigenvalue weighted by Gasteiger charge is 2.14. The van der Waals surface area contributed by atoms with Gasteiger partial charge in [-0.2, -0.15) is 5.10 Å². The SMILES string of the molecule is CC(=O)Oc1ccc(-n2nc3ccc(O)cc3c2I)c(I)c1. The Bertz CT molecular complexity index is 890. The molecule has 7 heteroatoms. The van der Waals surface area contributed by atoms with E-state index in [9.17, 15) is 9.90 Å². The van der Waals surface area contributed by atoms with E-state index in [1.54, 1.807) is 30.3 Å². The van der Waals surface area contributed by atoms with Crippen LogP contribution >= 0.6 is 45.2 Å². The number of carbonyl (C=O) groups excluding carboxylic acids is 1. The van der Waals surface area contributed by atoms with Gasteiger partial charge in [0.2, 0.25) is 0 Å². The predicted molar refractivity (Wildman–Crippen MR) is 99.5 cm³/mol. The Morgan fingerprint density at radius 2 is 2.00 bits per heavy atom. The van der Waals surface area contributed by atoms with Crippen molar-refractivity contribution in [2.24, 2.45) is 0 Å². The van der Waals surface area contributed by atoms with Crippen LogP contribution in [-0.2, 0) is 4.79 Å². The first-order valence-corrected chi connectivity index (χ1v) is 8.47. The van der Waals surface area contributed by atoms with Gasteiger partial charge in [0.25, 0.3) is 0 Å². The normalized spacial score (nSPS) is 10.9. The molecule has 0 spiro atoms. The zero-order valence-corrected chi connectivity index (χ0v) is 15.7. The molecule has 0 bridgehead atoms. The van der Waals surface area contributed by atoms with E-state index >= 15 is 0 Å². The van der Waals surface area contributed by atoms with Crippen molar-refractivity contribution in [3.05, 3.63) is 43.7 Å². The van der Waals surface area contributed by atoms with Crippen LogP contribution in [0.5, 0.6) is 11.5 Å². The fraction of sp³-hybridized carbons (Fsp3) is 0.0667. The number of benzene rings is 2. The summed E-state index contributed by atoms with van der Waals surface area (Å²) in [7, 11) is 0. The number of ether oxygens (including phenoxy) is 1. The van der Waals surface area contributed by atoms with E-state index in [1.807, 2.05) is 10.7 Å². The van der Waals surface area contributed by atoms with Crippen LogP contribution in [0, 0.1) is 7.27 Å². The molecular formula is C15H10I2N2O3. The molecule has 2 aromatic carbocycles. The number of esters is 1. The van der Waals surface area contributed by atoms with Gasteiger partial charge in [-0.3, -0.25) is 4.79 Å². The summed E-state index contributed by atoms with van der Waals surface area (Å²) >= 11 is 4.38. The summed E-state index contributed by atoms with van der Waals surface area (Å²) in [6.45, 7) is 1.37. The lowest BCUT2D eigenvalue weighted by Crippen LogP contribution is -2.04. The van der Waals surface area contributed by atoms with E-state index in [-0.39, 0.29) is 11.7 Å². The van der Waals surface area contributed by atoms with Crippen molar-refractivity contribution >= 4 is 62.1 Å². The minimum absolute atomic E-state index is 0.213. The van der Waals surface area contributed by atoms with E-state index in [0.29, 0.717) is 5.75 Å². The lowest BCUT2D eigenvalue weighted by atomic mass is 10.2. The average Bonchev–Trinajstić information content (AvgIpc) is 2.75. The summed E-state index contributed by atoms with van der Waals surface area (Å²) in [5.41, 5.74) is 1.69. The number of hydrogen-bond donors (Lipinski definition) is 1. The maximum Gasteiger partial charge on any atom is 0.308 e. The molecule has 0 aliphatic carbocycles. The second-order valence-corrected chi connectivity index (χ2v) is 6.79. The van der Waals surface area contributed by atoms with Gasteiger partial charge in [-0.25, -0.2) is 4.68 Å². The summed E-state index contributed by atoms with van der Waals surface area (Å²) < 4.78 is 8.70. The standard InChI is InChI=1S/C15H10I2N2O3/c1-8(20)22-10-3-5-14(12(16)7-10)19-15(17)11-6-9(21)2-4-13(11)18-19/h2-7,21H,1H3. The maximum absolute atomic E-state index is 11.0. The smallest absolute Gasteiger partial charge is 0.308 e. The zero-order valence-electron chi connectivity index (χ0n) is 11.4. The van der Waals surface area contributed by atoms with E-state index in [2.05, 4.69) is 50.3 Å². The van der Waals surface area contributed by atoms with Gasteiger partial charge < -0.3 is 9.84 Å². The molecule has 0 radical (unpaired) electrons. The second-order valence-electron chi connectivity index (χ2n) is 4.61. The molecule has 0 atom stereocenters. The van der Waals surface area contributed by atoms with Gasteiger partial charge in [0.15, 0.2) is 0 Å². The van der Waals surface area contributed by atoms with Crippen molar-refractivity contribution in [1.82, 2.24) is 9.78 Å². The van der Waals surface area contributed by atoms with Crippen molar-refractivity contribution in [1.29, 1.82) is 0 Å². The molecule has 0 aliphatic heterocycles. The number of aromatic nitrogens is 2. The van der Waals surface area contributed by atoms with E-state index in [1.165, 1.54) is 6.92 Å². The highest BCUT2D eigenvalue weighted by Crippen LogP contribution is 2.29. The lowest BCUT2D eigenvalue weighted by Gasteiger charge is -2.08. The largest absolute Gasteiger partial charge is 0.508 e. The molecule has 3 aromatic rings. The molecule has 3 rings (SSSR count). The van der Waals surface area contributed by atoms with Gasteiger partial charge in [0, 0.05) is 15.9 Å². The third-order valence-electron chi connectivity index (χ3n) is 3.00. The van der Waals surface area contributed by atoms with E-state index < -0.39 is 0 Å². The summed E-state index contributed by atoms with van der Waals surface area (Å²) in [6.07, 6.45) is 0. The quantitative estimate of drug-likeness (QED) is 0.317. The van der Waals surface area contributed by atoms with Gasteiger partial charge in [-0.1, -0.05) is 0 Å². The number of halogens is 2. The molecule has 0 saturated carbocycles. The molecule has 22 heavy (non-hydrogen) atoms. The van der Waals surface area contributed by atoms with Crippen molar-refractivity contribution in [2.75, 3.05) is 0 Å². The Labute approximate surface area is 153 Å². The Morgan fingerprint density at radius 3 is 2.68 bits per heavy atom. The molecule has 1 aromatic heterocycles. The van der Waals surface area contributed by atoms with E-state index in [4.69, 9.17) is 4.74 Å². The third kappa shape index (κ3) is 2.91. The van der Waals surface area contributed by atoms with Gasteiger partial charge in [0.1, 0.15) is 15.2 Å². The van der Waals surface area contributed by atoms with Crippen molar-refractivity contribution < 1.29 is 14.6 Å². The third-order valence-corrected chi connectivity index (χ3v) is 4.91. The Hall–Kier alpha value is -1.36. The van der Waals surface area contributed by atoms with Crippen LogP contribution in [0.25, 0.3) is 16.6 Å². The van der Waals surface area contributed by atoms with Crippen LogP contribution in [0.4, 0.5) is 0 Å². The Kier molecular flexibility index (Phi) is 4.26. The highest BCUT2D eigenvalue weighted by atomic mass is 127. The Balaban J connectivity index is 2.11. The van der Waals surface area contributed by atoms with Crippen LogP contribution in [0.2, 0.25) is 0 Å². The van der Waals surface area contributed by atoms with Crippen LogP contribution in [0.15, 0.2) is 36.4 Å². The van der Waals surface area contributed by atoms with Crippen LogP contribution in [0.1, 0.15) is 6.92 Å². The van der Waals surface area contributed by atoms with Crippen LogP contribution < -0.4 is 4.74 Å². The number of carbonyl (C=O) groups is 1. The highest BCUT2D eigenvalue weighted by molar-refractivity contribution is 14.1. The maximum atomic E-state index is 11.0. The van der Waals surface area contributed by atoms with Crippen LogP contribution in [-0.4, -0.2) is 20.9 Å². The van der Waals surface area contributed by atoms with Gasteiger partial charge in [-0.05, 0) is 81.6 Å². The average molecular weight is 520 g/mol. The topological polar surface area (TPSA) is 64.4 Å². The summed E-state index contributed by atoms with van der Waals surface area (Å²) in [5, 5.41) is 15.1. The number of phenolic OH excluding ortho intramolecular Hbond substituents is 1. The molecule has 0 unspecified atom stereocenters. The summed E-state index contributed by atoms with van der Waals surface area (Å²) in [5.74, 6) is 0.369. The van der Waals surface area contributed by atoms with Crippen molar-refractivity contribution in [3.8, 4) is 17.2 Å². The fourth-order valence-electron chi connectivity index (χ4n) is 2.09. The number of phenols is 1. The van der Waals surface area contributed by atoms with Gasteiger partial charge in [-0.15, -0.1) is 0 Å². The molecule has 1 N–H and O–H groups in total. The number of nitrogens with zero attached hydrogens (tertiary/aromatic N) is 2. The molecular weight excluding hydrogens is 510 g/mol. The number of hydrogen-bond acceptors (Lipinski definition) is 4. The molecule has 1 heterocycles. The first-order chi connectivity index (χ1) is 10.5. The second kappa shape index (κ2) is 6.03. The molecule has 112 valence electrons. The minimum atomic E-state index is -0.349. The molecule has 0 fully saturated rings. The zero-order chi connectivity index (χ0) is 15.9. The summed E-state index contributed by atoms with van der Waals surface area (Å²) in [6, 6.07) is 10.5. The molecule has 5 nitrogen and oxygen atoms in total. The minimum Gasteiger partial charge on any atom is -0.508 e. The first-order valence-electron chi connectivity index (χ1n) is 6.31. The Morgan fingerprint density at radius 1 is 1.23 bits per heavy atom. The molecule has 0 amide bonds. The monoisotopic (exact) mass is 520 g/mol. The number of fused-ring (bicyclic) bond motifs is 1. The number of aromatic hydroxyl groups is 1. The predicted octanol–water partition coefficient (Wildman–Crippen LogP) is 3.87. The van der Waals surface area contributed by atoms with Gasteiger partial charge >= 0.3 is 5.97 Å². The van der Waals surface area contributed by atoms with Crippen molar-refractivity contribution in [2.45, 2.75) is 6.92 Å². The summed E-state index contributed by atoms with van der Waals surface area (Å²) in [4.78, 5) is 11.0. The lowest BCUT2D eigenvalue weighted by molar-refractivity contribution is -0.131. The number of rotatable bonds is 2. The van der Waals surface area contributed by atoms with Crippen LogP contribution in [0.3, 0.4) is 0 Å². The molecule has 0 saturated heterocycles. The molecule has 0 aliphatic rings. The van der Waals surface area contributed by atoms with Gasteiger partial charge in [0.05, 0.1) is 11.2 Å². The first kappa shape index (κ1) is 15.5. The fourth-order valence-corrected chi connectivity index (χ4v) is 3.61. The van der Waals surface area contributed by atoms with E-state index in [0.717, 1.165) is 23.9 Å². The van der Waals surface area contributed by atoms with Crippen molar-refractivity contribution in [3.63, 3.8) is 0 Å².